The van der Waals surface area contributed by atoms with Gasteiger partial charge in [0.1, 0.15) is 0 Å². The van der Waals surface area contributed by atoms with E-state index in [2.05, 4.69) is 55.0 Å². The Bertz CT molecular complexity index is 872. The van der Waals surface area contributed by atoms with Gasteiger partial charge < -0.3 is 5.11 Å². The second kappa shape index (κ2) is 7.61. The highest BCUT2D eigenvalue weighted by atomic mass is 16.4. The Morgan fingerprint density at radius 3 is 2.18 bits per heavy atom. The van der Waals surface area contributed by atoms with Gasteiger partial charge in [0.15, 0.2) is 0 Å². The van der Waals surface area contributed by atoms with Crippen molar-refractivity contribution >= 4 is 5.97 Å². The minimum Gasteiger partial charge on any atom is -0.481 e. The summed E-state index contributed by atoms with van der Waals surface area (Å²) in [4.78, 5) is 11.7. The lowest BCUT2D eigenvalue weighted by Gasteiger charge is -2.73. The summed E-state index contributed by atoms with van der Waals surface area (Å²) < 4.78 is 0. The molecular weight excluding hydrogens is 416 g/mol. The Balaban J connectivity index is 1.50. The lowest BCUT2D eigenvalue weighted by Crippen LogP contribution is -2.66. The maximum atomic E-state index is 11.7. The molecule has 5 saturated carbocycles. The zero-order valence-corrected chi connectivity index (χ0v) is 23.3. The highest BCUT2D eigenvalue weighted by Gasteiger charge is 2.70. The summed E-state index contributed by atoms with van der Waals surface area (Å²) in [6.45, 7) is 22.3. The average Bonchev–Trinajstić information content (AvgIpc) is 3.08. The Kier molecular flexibility index (Phi) is 5.57. The van der Waals surface area contributed by atoms with E-state index in [1.54, 1.807) is 0 Å². The van der Waals surface area contributed by atoms with Crippen molar-refractivity contribution < 1.29 is 9.90 Å². The lowest BCUT2D eigenvalue weighted by molar-refractivity contribution is -0.241. The van der Waals surface area contributed by atoms with Crippen molar-refractivity contribution in [2.75, 3.05) is 0 Å². The molecule has 0 aromatic carbocycles. The molecule has 0 aromatic heterocycles. The topological polar surface area (TPSA) is 37.3 Å². The van der Waals surface area contributed by atoms with Gasteiger partial charge in [-0.1, -0.05) is 53.7 Å². The van der Waals surface area contributed by atoms with E-state index in [1.165, 1.54) is 63.4 Å². The first kappa shape index (κ1) is 24.9. The van der Waals surface area contributed by atoms with Crippen LogP contribution in [0.3, 0.4) is 0 Å². The predicted octanol–water partition coefficient (Wildman–Crippen LogP) is 8.75. The van der Waals surface area contributed by atoms with Crippen molar-refractivity contribution in [3.8, 4) is 0 Å². The van der Waals surface area contributed by atoms with Gasteiger partial charge >= 0.3 is 5.97 Å². The van der Waals surface area contributed by atoms with E-state index < -0.39 is 5.97 Å². The third kappa shape index (κ3) is 3.08. The van der Waals surface area contributed by atoms with Gasteiger partial charge in [0.2, 0.25) is 0 Å². The zero-order chi connectivity index (χ0) is 24.9. The molecule has 0 unspecified atom stereocenters. The summed E-state index contributed by atoms with van der Waals surface area (Å²) in [7, 11) is 0. The van der Waals surface area contributed by atoms with Gasteiger partial charge in [-0.3, -0.25) is 4.79 Å². The number of carbonyl (C=O) groups is 1. The largest absolute Gasteiger partial charge is 0.481 e. The van der Waals surface area contributed by atoms with Gasteiger partial charge in [-0.25, -0.2) is 0 Å². The Morgan fingerprint density at radius 1 is 0.824 bits per heavy atom. The highest BCUT2D eigenvalue weighted by Crippen LogP contribution is 2.77. The standard InChI is InChI=1S/C32H52O2/c1-20(2)22-12-14-29(5)17-18-31(7)23(27(22)29)9-10-25-30(6)15-11-21(19-26(33)34)28(3,4)24(30)13-16-32(25,31)8/h21-25,27H,1,9-19H2,2-8H3,(H,33,34)/t21-,22+,23-,24+,25-,27-,29+,30-,31+,32+/m0/s1. The van der Waals surface area contributed by atoms with Gasteiger partial charge in [0.05, 0.1) is 0 Å². The second-order valence-corrected chi connectivity index (χ2v) is 15.5. The van der Waals surface area contributed by atoms with E-state index in [1.807, 2.05) is 0 Å². The second-order valence-electron chi connectivity index (χ2n) is 15.5. The number of carboxylic acid groups (broad SMARTS) is 1. The first-order chi connectivity index (χ1) is 15.7. The number of fused-ring (bicyclic) bond motifs is 7. The van der Waals surface area contributed by atoms with Crippen LogP contribution in [0.5, 0.6) is 0 Å². The highest BCUT2D eigenvalue weighted by molar-refractivity contribution is 5.67. The molecule has 0 aliphatic heterocycles. The fraction of sp³-hybridized carbons (Fsp3) is 0.906. The third-order valence-electron chi connectivity index (χ3n) is 14.2. The molecule has 192 valence electrons. The van der Waals surface area contributed by atoms with Crippen LogP contribution in [0.15, 0.2) is 12.2 Å². The summed E-state index contributed by atoms with van der Waals surface area (Å²) >= 11 is 0. The molecule has 34 heavy (non-hydrogen) atoms. The van der Waals surface area contributed by atoms with Gasteiger partial charge in [0.25, 0.3) is 0 Å². The van der Waals surface area contributed by atoms with Gasteiger partial charge in [-0.2, -0.15) is 0 Å². The zero-order valence-electron chi connectivity index (χ0n) is 23.3. The third-order valence-corrected chi connectivity index (χ3v) is 14.2. The molecule has 0 aromatic rings. The Morgan fingerprint density at radius 2 is 1.53 bits per heavy atom. The van der Waals surface area contributed by atoms with Crippen molar-refractivity contribution in [3.63, 3.8) is 0 Å². The van der Waals surface area contributed by atoms with Gasteiger partial charge in [-0.05, 0) is 134 Å². The first-order valence-electron chi connectivity index (χ1n) is 14.6. The van der Waals surface area contributed by atoms with E-state index >= 15 is 0 Å². The normalized spacial score (nSPS) is 53.7. The van der Waals surface area contributed by atoms with Gasteiger partial charge in [-0.15, -0.1) is 0 Å². The fourth-order valence-electron chi connectivity index (χ4n) is 12.1. The molecule has 2 heteroatoms. The number of rotatable bonds is 3. The van der Waals surface area contributed by atoms with Crippen LogP contribution in [-0.4, -0.2) is 11.1 Å². The van der Waals surface area contributed by atoms with Crippen molar-refractivity contribution in [1.29, 1.82) is 0 Å². The molecule has 0 heterocycles. The molecule has 5 fully saturated rings. The van der Waals surface area contributed by atoms with Gasteiger partial charge in [0, 0.05) is 6.42 Å². The minimum absolute atomic E-state index is 0.117. The molecule has 10 atom stereocenters. The van der Waals surface area contributed by atoms with E-state index in [4.69, 9.17) is 0 Å². The number of hydrogen-bond acceptors (Lipinski definition) is 1. The molecular formula is C32H52O2. The van der Waals surface area contributed by atoms with E-state index in [0.29, 0.717) is 39.9 Å². The molecule has 0 amide bonds. The monoisotopic (exact) mass is 468 g/mol. The van der Waals surface area contributed by atoms with Crippen molar-refractivity contribution in [3.05, 3.63) is 12.2 Å². The summed E-state index contributed by atoms with van der Waals surface area (Å²) in [5, 5.41) is 9.60. The SMILES string of the molecule is C=C(C)[C@H]1CC[C@]2(C)CC[C@]3(C)[C@@H](CC[C@H]4[C@@]5(C)CC[C@@H](CC(=O)O)C(C)(C)[C@H]5CC[C@]43C)[C@H]12. The maximum absolute atomic E-state index is 11.7. The van der Waals surface area contributed by atoms with Crippen LogP contribution in [0.2, 0.25) is 0 Å². The smallest absolute Gasteiger partial charge is 0.303 e. The molecule has 5 aliphatic carbocycles. The van der Waals surface area contributed by atoms with Crippen LogP contribution < -0.4 is 0 Å². The van der Waals surface area contributed by atoms with E-state index in [0.717, 1.165) is 30.1 Å². The van der Waals surface area contributed by atoms with Crippen LogP contribution in [0, 0.1) is 62.6 Å². The first-order valence-corrected chi connectivity index (χ1v) is 14.6. The maximum Gasteiger partial charge on any atom is 0.303 e. The summed E-state index contributed by atoms with van der Waals surface area (Å²) in [6, 6.07) is 0. The fourth-order valence-corrected chi connectivity index (χ4v) is 12.1. The van der Waals surface area contributed by atoms with Crippen molar-refractivity contribution in [2.45, 2.75) is 119 Å². The summed E-state index contributed by atoms with van der Waals surface area (Å²) in [5.41, 5.74) is 3.26. The predicted molar refractivity (Wildman–Crippen MR) is 140 cm³/mol. The van der Waals surface area contributed by atoms with Crippen LogP contribution >= 0.6 is 0 Å². The van der Waals surface area contributed by atoms with Crippen LogP contribution in [0.25, 0.3) is 0 Å². The number of aliphatic carboxylic acids is 1. The molecule has 0 bridgehead atoms. The number of allylic oxidation sites excluding steroid dienone is 1. The quantitative estimate of drug-likeness (QED) is 0.420. The number of carboxylic acids is 1. The minimum atomic E-state index is -0.607. The molecule has 5 rings (SSSR count). The Labute approximate surface area is 209 Å². The van der Waals surface area contributed by atoms with Crippen molar-refractivity contribution in [2.24, 2.45) is 62.6 Å². The molecule has 1 N–H and O–H groups in total. The average molecular weight is 469 g/mol. The van der Waals surface area contributed by atoms with Crippen LogP contribution in [0.4, 0.5) is 0 Å². The van der Waals surface area contributed by atoms with Crippen molar-refractivity contribution in [1.82, 2.24) is 0 Å². The van der Waals surface area contributed by atoms with Crippen LogP contribution in [0.1, 0.15) is 119 Å². The van der Waals surface area contributed by atoms with E-state index in [9.17, 15) is 9.90 Å². The molecule has 2 nitrogen and oxygen atoms in total. The molecule has 0 saturated heterocycles. The Hall–Kier alpha value is -0.790. The van der Waals surface area contributed by atoms with Crippen LogP contribution in [-0.2, 0) is 4.79 Å². The van der Waals surface area contributed by atoms with E-state index in [-0.39, 0.29) is 5.41 Å². The lowest BCUT2D eigenvalue weighted by atomic mass is 9.32. The molecule has 5 aliphatic rings. The summed E-state index contributed by atoms with van der Waals surface area (Å²) in [6.07, 6.45) is 13.7. The summed E-state index contributed by atoms with van der Waals surface area (Å²) in [5.74, 6) is 3.54. The molecule has 0 radical (unpaired) electrons. The molecule has 0 spiro atoms. The number of hydrogen-bond donors (Lipinski definition) is 1.